The third kappa shape index (κ3) is 5.57. The fraction of sp³-hybridized carbons (Fsp3) is 0.333. The van der Waals surface area contributed by atoms with Crippen LogP contribution in [0.25, 0.3) is 0 Å². The number of rotatable bonds is 6. The number of benzene rings is 1. The van der Waals surface area contributed by atoms with Gasteiger partial charge in [-0.15, -0.1) is 0 Å². The number of carbonyl (C=O) groups is 4. The van der Waals surface area contributed by atoms with Gasteiger partial charge in [0.1, 0.15) is 11.9 Å². The van der Waals surface area contributed by atoms with Crippen LogP contribution in [0.1, 0.15) is 46.0 Å². The largest absolute Gasteiger partial charge is 0.408 e. The molecule has 8 nitrogen and oxygen atoms in total. The molecule has 0 aliphatic carbocycles. The summed E-state index contributed by atoms with van der Waals surface area (Å²) in [7, 11) is 1.39. The zero-order valence-electron chi connectivity index (χ0n) is 18.4. The van der Waals surface area contributed by atoms with Crippen molar-refractivity contribution in [3.05, 3.63) is 46.5 Å². The molecule has 178 valence electrons. The lowest BCUT2D eigenvalue weighted by molar-refractivity contribution is -0.156. The molecule has 1 aromatic carbocycles. The van der Waals surface area contributed by atoms with Crippen molar-refractivity contribution in [3.8, 4) is 0 Å². The van der Waals surface area contributed by atoms with Gasteiger partial charge in [-0.25, -0.2) is 4.39 Å². The predicted octanol–water partition coefficient (Wildman–Crippen LogP) is 3.24. The van der Waals surface area contributed by atoms with Gasteiger partial charge >= 0.3 is 6.18 Å². The first kappa shape index (κ1) is 25.6. The quantitative estimate of drug-likeness (QED) is 0.342. The Bertz CT molecular complexity index is 1140. The molecule has 0 aliphatic rings. The average Bonchev–Trinajstić information content (AvgIpc) is 2.91. The van der Waals surface area contributed by atoms with Gasteiger partial charge in [0.2, 0.25) is 5.91 Å². The predicted molar refractivity (Wildman–Crippen MR) is 112 cm³/mol. The Morgan fingerprint density at radius 2 is 1.67 bits per heavy atom. The number of hydrogen-bond donors (Lipinski definition) is 3. The SMILES string of the molecule is CC(=O)Nc1cc(NC(=O)c2c(C)c(C(=O)C(=O)N[C@@H](C)C(F)(F)F)n(C)c2C)ccc1F. The molecule has 0 saturated heterocycles. The van der Waals surface area contributed by atoms with E-state index in [1.807, 2.05) is 0 Å². The maximum atomic E-state index is 13.8. The minimum atomic E-state index is -4.73. The molecule has 0 aliphatic heterocycles. The second-order valence-electron chi connectivity index (χ2n) is 7.39. The summed E-state index contributed by atoms with van der Waals surface area (Å²) in [5, 5.41) is 6.39. The summed E-state index contributed by atoms with van der Waals surface area (Å²) in [6, 6.07) is 1.24. The Kier molecular flexibility index (Phi) is 7.30. The van der Waals surface area contributed by atoms with Crippen LogP contribution in [0, 0.1) is 19.7 Å². The number of ketones is 1. The van der Waals surface area contributed by atoms with Crippen molar-refractivity contribution in [2.45, 2.75) is 39.9 Å². The first-order valence-corrected chi connectivity index (χ1v) is 9.61. The first-order valence-electron chi connectivity index (χ1n) is 9.61. The van der Waals surface area contributed by atoms with Gasteiger partial charge in [-0.1, -0.05) is 0 Å². The van der Waals surface area contributed by atoms with Crippen molar-refractivity contribution in [2.24, 2.45) is 7.05 Å². The molecular weight excluding hydrogens is 448 g/mol. The van der Waals surface area contributed by atoms with E-state index in [0.717, 1.165) is 6.07 Å². The number of alkyl halides is 3. The van der Waals surface area contributed by atoms with Crippen molar-refractivity contribution >= 4 is 34.9 Å². The molecule has 1 atom stereocenters. The number of nitrogens with one attached hydrogen (secondary N) is 3. The van der Waals surface area contributed by atoms with Crippen LogP contribution in [0.15, 0.2) is 18.2 Å². The molecule has 3 amide bonds. The topological polar surface area (TPSA) is 109 Å². The van der Waals surface area contributed by atoms with E-state index in [2.05, 4.69) is 10.6 Å². The Morgan fingerprint density at radius 3 is 2.21 bits per heavy atom. The number of halogens is 4. The van der Waals surface area contributed by atoms with Gasteiger partial charge in [-0.3, -0.25) is 19.2 Å². The fourth-order valence-electron chi connectivity index (χ4n) is 3.17. The van der Waals surface area contributed by atoms with Gasteiger partial charge in [0.15, 0.2) is 0 Å². The molecule has 1 aromatic heterocycles. The van der Waals surface area contributed by atoms with E-state index in [4.69, 9.17) is 0 Å². The Morgan fingerprint density at radius 1 is 1.06 bits per heavy atom. The fourth-order valence-corrected chi connectivity index (χ4v) is 3.17. The summed E-state index contributed by atoms with van der Waals surface area (Å²) < 4.78 is 53.2. The number of amides is 3. The highest BCUT2D eigenvalue weighted by Gasteiger charge is 2.39. The van der Waals surface area contributed by atoms with Crippen LogP contribution in [0.3, 0.4) is 0 Å². The second-order valence-corrected chi connectivity index (χ2v) is 7.39. The van der Waals surface area contributed by atoms with Crippen molar-refractivity contribution in [3.63, 3.8) is 0 Å². The van der Waals surface area contributed by atoms with Crippen LogP contribution >= 0.6 is 0 Å². The zero-order chi connectivity index (χ0) is 25.2. The van der Waals surface area contributed by atoms with E-state index >= 15 is 0 Å². The van der Waals surface area contributed by atoms with Crippen molar-refractivity contribution in [1.29, 1.82) is 0 Å². The number of aromatic nitrogens is 1. The summed E-state index contributed by atoms with van der Waals surface area (Å²) in [4.78, 5) is 48.7. The molecule has 2 rings (SSSR count). The Hall–Kier alpha value is -3.70. The van der Waals surface area contributed by atoms with Crippen LogP contribution in [0.2, 0.25) is 0 Å². The highest BCUT2D eigenvalue weighted by atomic mass is 19.4. The third-order valence-electron chi connectivity index (χ3n) is 4.95. The average molecular weight is 470 g/mol. The third-order valence-corrected chi connectivity index (χ3v) is 4.95. The Labute approximate surface area is 186 Å². The summed E-state index contributed by atoms with van der Waals surface area (Å²) in [6.07, 6.45) is -4.73. The van der Waals surface area contributed by atoms with Gasteiger partial charge in [0.25, 0.3) is 17.6 Å². The molecule has 0 radical (unpaired) electrons. The number of anilines is 2. The minimum Gasteiger partial charge on any atom is -0.344 e. The van der Waals surface area contributed by atoms with Gasteiger partial charge in [0, 0.05) is 25.4 Å². The normalized spacial score (nSPS) is 12.2. The van der Waals surface area contributed by atoms with E-state index in [0.29, 0.717) is 6.92 Å². The van der Waals surface area contributed by atoms with E-state index in [9.17, 15) is 36.7 Å². The second kappa shape index (κ2) is 9.43. The zero-order valence-corrected chi connectivity index (χ0v) is 18.4. The first-order chi connectivity index (χ1) is 15.1. The molecule has 0 unspecified atom stereocenters. The van der Waals surface area contributed by atoms with Crippen LogP contribution in [-0.2, 0) is 16.6 Å². The van der Waals surface area contributed by atoms with E-state index in [1.54, 1.807) is 5.32 Å². The molecule has 0 spiro atoms. The van der Waals surface area contributed by atoms with Gasteiger partial charge in [-0.2, -0.15) is 13.2 Å². The molecule has 0 bridgehead atoms. The summed E-state index contributed by atoms with van der Waals surface area (Å²) >= 11 is 0. The highest BCUT2D eigenvalue weighted by molar-refractivity contribution is 6.43. The van der Waals surface area contributed by atoms with Crippen molar-refractivity contribution < 1.29 is 36.7 Å². The van der Waals surface area contributed by atoms with Crippen LogP contribution in [0.4, 0.5) is 28.9 Å². The minimum absolute atomic E-state index is 0.0166. The smallest absolute Gasteiger partial charge is 0.344 e. The number of nitrogens with zero attached hydrogens (tertiary/aromatic N) is 1. The molecule has 0 saturated carbocycles. The van der Waals surface area contributed by atoms with Gasteiger partial charge in [0.05, 0.1) is 16.9 Å². The number of hydrogen-bond acceptors (Lipinski definition) is 4. The van der Waals surface area contributed by atoms with Crippen LogP contribution < -0.4 is 16.0 Å². The lowest BCUT2D eigenvalue weighted by atomic mass is 10.1. The highest BCUT2D eigenvalue weighted by Crippen LogP contribution is 2.25. The molecule has 12 heteroatoms. The molecule has 3 N–H and O–H groups in total. The maximum Gasteiger partial charge on any atom is 0.408 e. The van der Waals surface area contributed by atoms with E-state index < -0.39 is 41.5 Å². The maximum absolute atomic E-state index is 13.8. The summed E-state index contributed by atoms with van der Waals surface area (Å²) in [5.74, 6) is -4.64. The molecule has 33 heavy (non-hydrogen) atoms. The van der Waals surface area contributed by atoms with Crippen molar-refractivity contribution in [2.75, 3.05) is 10.6 Å². The van der Waals surface area contributed by atoms with Gasteiger partial charge < -0.3 is 20.5 Å². The number of Topliss-reactive ketones (excluding diaryl/α,β-unsaturated/α-hetero) is 1. The van der Waals surface area contributed by atoms with Crippen LogP contribution in [0.5, 0.6) is 0 Å². The molecule has 0 fully saturated rings. The molecule has 2 aromatic rings. The van der Waals surface area contributed by atoms with Crippen LogP contribution in [-0.4, -0.2) is 40.3 Å². The van der Waals surface area contributed by atoms with Crippen molar-refractivity contribution in [1.82, 2.24) is 9.88 Å². The molecular formula is C21H22F4N4O4. The lowest BCUT2D eigenvalue weighted by Crippen LogP contribution is -2.46. The lowest BCUT2D eigenvalue weighted by Gasteiger charge is -2.16. The summed E-state index contributed by atoms with van der Waals surface area (Å²) in [5.41, 5.74) is 0.0989. The number of carbonyl (C=O) groups excluding carboxylic acids is 4. The van der Waals surface area contributed by atoms with E-state index in [1.165, 1.54) is 44.5 Å². The van der Waals surface area contributed by atoms with E-state index in [-0.39, 0.29) is 33.9 Å². The van der Waals surface area contributed by atoms with Gasteiger partial charge in [-0.05, 0) is 44.5 Å². The Balaban J connectivity index is 2.34. The molecule has 1 heterocycles. The standard InChI is InChI=1S/C21H22F4N4O4/c1-9-16(19(32)28-13-6-7-14(22)15(8-13)27-12(4)30)10(2)29(5)17(9)18(31)20(33)26-11(3)21(23,24)25/h6-8,11H,1-5H3,(H,26,33)(H,27,30)(H,28,32)/t11-/m0/s1. The summed E-state index contributed by atoms with van der Waals surface area (Å²) in [6.45, 7) is 4.75. The monoisotopic (exact) mass is 470 g/mol.